The lowest BCUT2D eigenvalue weighted by Crippen LogP contribution is -2.24. The Morgan fingerprint density at radius 2 is 1.84 bits per heavy atom. The molecule has 1 amide bonds. The van der Waals surface area contributed by atoms with E-state index in [1.807, 2.05) is 0 Å². The van der Waals surface area contributed by atoms with Crippen molar-refractivity contribution >= 4 is 11.6 Å². The molecule has 0 atom stereocenters. The number of benzene rings is 1. The van der Waals surface area contributed by atoms with Gasteiger partial charge in [-0.25, -0.2) is 27.7 Å². The molecule has 0 unspecified atom stereocenters. The van der Waals surface area contributed by atoms with Crippen LogP contribution in [-0.2, 0) is 17.8 Å². The fourth-order valence-electron chi connectivity index (χ4n) is 3.24. The summed E-state index contributed by atoms with van der Waals surface area (Å²) >= 11 is 0. The third kappa shape index (κ3) is 4.14. The highest BCUT2D eigenvalue weighted by Gasteiger charge is 2.20. The van der Waals surface area contributed by atoms with Crippen molar-refractivity contribution < 1.29 is 18.0 Å². The van der Waals surface area contributed by atoms with Crippen molar-refractivity contribution in [3.05, 3.63) is 60.4 Å². The van der Waals surface area contributed by atoms with E-state index in [0.717, 1.165) is 0 Å². The molecule has 0 saturated carbocycles. The molecule has 3 aromatic heterocycles. The van der Waals surface area contributed by atoms with E-state index in [9.17, 15) is 18.0 Å². The molecule has 0 aliphatic carbocycles. The van der Waals surface area contributed by atoms with Crippen molar-refractivity contribution in [3.8, 4) is 22.6 Å². The van der Waals surface area contributed by atoms with E-state index >= 15 is 0 Å². The van der Waals surface area contributed by atoms with Gasteiger partial charge in [0.15, 0.2) is 5.65 Å². The van der Waals surface area contributed by atoms with Gasteiger partial charge in [0, 0.05) is 19.7 Å². The maximum atomic E-state index is 13.4. The Labute approximate surface area is 175 Å². The fourth-order valence-corrected chi connectivity index (χ4v) is 3.24. The lowest BCUT2D eigenvalue weighted by atomic mass is 10.1. The number of nitrogens with zero attached hydrogens (tertiary/aromatic N) is 6. The number of amides is 1. The van der Waals surface area contributed by atoms with Crippen LogP contribution in [-0.4, -0.2) is 55.5 Å². The zero-order valence-electron chi connectivity index (χ0n) is 16.8. The van der Waals surface area contributed by atoms with Crippen LogP contribution in [0.3, 0.4) is 0 Å². The molecule has 31 heavy (non-hydrogen) atoms. The van der Waals surface area contributed by atoms with Gasteiger partial charge in [0.2, 0.25) is 5.91 Å². The lowest BCUT2D eigenvalue weighted by Gasteiger charge is -2.11. The largest absolute Gasteiger partial charge is 0.348 e. The van der Waals surface area contributed by atoms with E-state index in [1.165, 1.54) is 44.6 Å². The molecule has 0 bridgehead atoms. The van der Waals surface area contributed by atoms with Crippen molar-refractivity contribution in [2.45, 2.75) is 19.4 Å². The second kappa shape index (κ2) is 8.21. The van der Waals surface area contributed by atoms with Crippen molar-refractivity contribution in [3.63, 3.8) is 0 Å². The van der Waals surface area contributed by atoms with Crippen LogP contribution in [0.25, 0.3) is 28.3 Å². The van der Waals surface area contributed by atoms with Crippen molar-refractivity contribution in [1.29, 1.82) is 0 Å². The van der Waals surface area contributed by atoms with Gasteiger partial charge < -0.3 is 9.47 Å². The molecular formula is C21H19F3N6O. The Morgan fingerprint density at radius 3 is 2.52 bits per heavy atom. The summed E-state index contributed by atoms with van der Waals surface area (Å²) in [5.41, 5.74) is 2.81. The van der Waals surface area contributed by atoms with Gasteiger partial charge in [0.05, 0.1) is 42.6 Å². The Balaban J connectivity index is 1.84. The highest BCUT2D eigenvalue weighted by molar-refractivity contribution is 5.79. The second-order valence-electron chi connectivity index (χ2n) is 7.20. The predicted octanol–water partition coefficient (Wildman–Crippen LogP) is 3.29. The number of halogens is 3. The van der Waals surface area contributed by atoms with E-state index < -0.39 is 18.8 Å². The molecule has 0 aliphatic rings. The van der Waals surface area contributed by atoms with Crippen molar-refractivity contribution in [1.82, 2.24) is 29.0 Å². The molecule has 7 nitrogen and oxygen atoms in total. The first-order chi connectivity index (χ1) is 14.8. The maximum absolute atomic E-state index is 13.4. The van der Waals surface area contributed by atoms with E-state index in [2.05, 4.69) is 15.1 Å². The highest BCUT2D eigenvalue weighted by Crippen LogP contribution is 2.31. The smallest absolute Gasteiger partial charge is 0.256 e. The molecule has 4 rings (SSSR count). The number of aromatic nitrogens is 5. The number of imidazole rings is 2. The van der Waals surface area contributed by atoms with E-state index in [0.29, 0.717) is 34.0 Å². The number of carbonyl (C=O) groups is 1. The first-order valence-corrected chi connectivity index (χ1v) is 9.47. The van der Waals surface area contributed by atoms with Crippen LogP contribution in [0.1, 0.15) is 5.69 Å². The molecule has 0 aliphatic heterocycles. The molecule has 3 heterocycles. The maximum Gasteiger partial charge on any atom is 0.256 e. The van der Waals surface area contributed by atoms with Gasteiger partial charge in [0.1, 0.15) is 11.5 Å². The Hall–Kier alpha value is -3.69. The Kier molecular flexibility index (Phi) is 5.45. The minimum absolute atomic E-state index is 0.0890. The van der Waals surface area contributed by atoms with Gasteiger partial charge in [0.25, 0.3) is 6.43 Å². The number of likely N-dealkylation sites (N-methyl/N-ethyl adjacent to an activating group) is 1. The number of carbonyl (C=O) groups excluding carboxylic acids is 1. The molecule has 4 aromatic rings. The third-order valence-electron chi connectivity index (χ3n) is 4.80. The summed E-state index contributed by atoms with van der Waals surface area (Å²) in [5, 5.41) is 4.57. The van der Waals surface area contributed by atoms with Gasteiger partial charge in [-0.1, -0.05) is 0 Å². The number of alkyl halides is 2. The van der Waals surface area contributed by atoms with Gasteiger partial charge >= 0.3 is 0 Å². The van der Waals surface area contributed by atoms with Crippen LogP contribution in [0.4, 0.5) is 13.2 Å². The van der Waals surface area contributed by atoms with E-state index in [1.54, 1.807) is 32.4 Å². The first-order valence-electron chi connectivity index (χ1n) is 9.47. The van der Waals surface area contributed by atoms with Crippen LogP contribution in [0.5, 0.6) is 0 Å². The average molecular weight is 428 g/mol. The number of hydrogen-bond acceptors (Lipinski definition) is 4. The predicted molar refractivity (Wildman–Crippen MR) is 108 cm³/mol. The summed E-state index contributed by atoms with van der Waals surface area (Å²) in [5.74, 6) is -0.533. The van der Waals surface area contributed by atoms with Gasteiger partial charge in [-0.3, -0.25) is 4.79 Å². The van der Waals surface area contributed by atoms with Crippen molar-refractivity contribution in [2.75, 3.05) is 14.1 Å². The standard InChI is InChI=1S/C21H19F3N6O/c1-28(2)19(31)9-15-10-25-18-8-7-16(27-30(15)18)21-20(13-3-5-14(22)6-4-13)26-12-29(21)11-17(23)24/h3-8,10,12,17H,9,11H2,1-2H3. The summed E-state index contributed by atoms with van der Waals surface area (Å²) in [6.45, 7) is -0.570. The lowest BCUT2D eigenvalue weighted by molar-refractivity contribution is -0.128. The monoisotopic (exact) mass is 428 g/mol. The summed E-state index contributed by atoms with van der Waals surface area (Å²) < 4.78 is 42.6. The molecule has 160 valence electrons. The minimum Gasteiger partial charge on any atom is -0.348 e. The zero-order valence-corrected chi connectivity index (χ0v) is 16.8. The van der Waals surface area contributed by atoms with Crippen LogP contribution >= 0.6 is 0 Å². The molecule has 0 N–H and O–H groups in total. The van der Waals surface area contributed by atoms with E-state index in [4.69, 9.17) is 0 Å². The molecule has 1 aromatic carbocycles. The van der Waals surface area contributed by atoms with Crippen LogP contribution in [0.2, 0.25) is 0 Å². The molecule has 10 heteroatoms. The second-order valence-corrected chi connectivity index (χ2v) is 7.20. The molecule has 0 radical (unpaired) electrons. The summed E-state index contributed by atoms with van der Waals surface area (Å²) in [6, 6.07) is 8.98. The number of rotatable bonds is 6. The fraction of sp³-hybridized carbons (Fsp3) is 0.238. The van der Waals surface area contributed by atoms with Crippen LogP contribution in [0.15, 0.2) is 48.9 Å². The molecule has 0 fully saturated rings. The molecule has 0 spiro atoms. The SMILES string of the molecule is CN(C)C(=O)Cc1cnc2ccc(-c3c(-c4ccc(F)cc4)ncn3CC(F)F)nn12. The summed E-state index contributed by atoms with van der Waals surface area (Å²) in [4.78, 5) is 22.2. The minimum atomic E-state index is -2.60. The Bertz CT molecular complexity index is 1230. The van der Waals surface area contributed by atoms with E-state index in [-0.39, 0.29) is 12.3 Å². The van der Waals surface area contributed by atoms with Gasteiger partial charge in [-0.2, -0.15) is 5.10 Å². The molecular weight excluding hydrogens is 409 g/mol. The highest BCUT2D eigenvalue weighted by atomic mass is 19.3. The topological polar surface area (TPSA) is 68.3 Å². The number of fused-ring (bicyclic) bond motifs is 1. The average Bonchev–Trinajstić information content (AvgIpc) is 3.32. The molecule has 0 saturated heterocycles. The van der Waals surface area contributed by atoms with Gasteiger partial charge in [-0.05, 0) is 36.4 Å². The third-order valence-corrected chi connectivity index (χ3v) is 4.80. The van der Waals surface area contributed by atoms with Gasteiger partial charge in [-0.15, -0.1) is 0 Å². The van der Waals surface area contributed by atoms with Crippen LogP contribution in [0, 0.1) is 5.82 Å². The number of hydrogen-bond donors (Lipinski definition) is 0. The Morgan fingerprint density at radius 1 is 1.10 bits per heavy atom. The first kappa shape index (κ1) is 20.6. The summed E-state index contributed by atoms with van der Waals surface area (Å²) in [7, 11) is 3.31. The zero-order chi connectivity index (χ0) is 22.1. The quantitative estimate of drug-likeness (QED) is 0.473. The van der Waals surface area contributed by atoms with Crippen molar-refractivity contribution in [2.24, 2.45) is 0 Å². The van der Waals surface area contributed by atoms with Crippen LogP contribution < -0.4 is 0 Å². The normalized spacial score (nSPS) is 11.4. The summed E-state index contributed by atoms with van der Waals surface area (Å²) in [6.07, 6.45) is 0.367.